The summed E-state index contributed by atoms with van der Waals surface area (Å²) in [5.74, 6) is 0.651. The van der Waals surface area contributed by atoms with E-state index in [2.05, 4.69) is 15.4 Å². The zero-order chi connectivity index (χ0) is 19.2. The number of aryl methyl sites for hydroxylation is 1. The molecule has 0 aliphatic heterocycles. The Morgan fingerprint density at radius 1 is 1.15 bits per heavy atom. The van der Waals surface area contributed by atoms with Crippen molar-refractivity contribution < 1.29 is 13.7 Å². The molecule has 5 nitrogen and oxygen atoms in total. The lowest BCUT2D eigenvalue weighted by molar-refractivity contribution is -0.116. The number of aromatic nitrogens is 1. The second kappa shape index (κ2) is 8.60. The van der Waals surface area contributed by atoms with Crippen LogP contribution in [0.1, 0.15) is 29.3 Å². The Kier molecular flexibility index (Phi) is 5.98. The SMILES string of the molecule is Cc1cc(NC(=O)CCN(C)[C@H](c2ccccc2)c2ccc(F)cc2)no1. The molecule has 1 N–H and O–H groups in total. The molecule has 3 rings (SSSR count). The van der Waals surface area contributed by atoms with Gasteiger partial charge >= 0.3 is 0 Å². The predicted molar refractivity (Wildman–Crippen MR) is 102 cm³/mol. The molecule has 0 radical (unpaired) electrons. The molecule has 27 heavy (non-hydrogen) atoms. The maximum Gasteiger partial charge on any atom is 0.226 e. The van der Waals surface area contributed by atoms with E-state index in [0.29, 0.717) is 24.5 Å². The Bertz CT molecular complexity index is 878. The van der Waals surface area contributed by atoms with Gasteiger partial charge in [-0.2, -0.15) is 0 Å². The van der Waals surface area contributed by atoms with Gasteiger partial charge in [0.05, 0.1) is 6.04 Å². The van der Waals surface area contributed by atoms with E-state index >= 15 is 0 Å². The molecule has 2 aromatic carbocycles. The second-order valence-corrected chi connectivity index (χ2v) is 6.47. The lowest BCUT2D eigenvalue weighted by Crippen LogP contribution is -2.29. The first kappa shape index (κ1) is 18.8. The second-order valence-electron chi connectivity index (χ2n) is 6.47. The van der Waals surface area contributed by atoms with Crippen molar-refractivity contribution in [3.05, 3.63) is 83.4 Å². The van der Waals surface area contributed by atoms with Gasteiger partial charge in [0, 0.05) is 19.0 Å². The van der Waals surface area contributed by atoms with Crippen molar-refractivity contribution in [1.82, 2.24) is 10.1 Å². The van der Waals surface area contributed by atoms with E-state index in [1.54, 1.807) is 25.1 Å². The van der Waals surface area contributed by atoms with Crippen molar-refractivity contribution >= 4 is 11.7 Å². The van der Waals surface area contributed by atoms with Gasteiger partial charge in [0.25, 0.3) is 0 Å². The molecule has 140 valence electrons. The first-order valence-corrected chi connectivity index (χ1v) is 8.77. The van der Waals surface area contributed by atoms with E-state index < -0.39 is 0 Å². The highest BCUT2D eigenvalue weighted by Gasteiger charge is 2.20. The summed E-state index contributed by atoms with van der Waals surface area (Å²) in [5.41, 5.74) is 2.05. The van der Waals surface area contributed by atoms with Crippen LogP contribution in [0.3, 0.4) is 0 Å². The Hall–Kier alpha value is -2.99. The fraction of sp³-hybridized carbons (Fsp3) is 0.238. The van der Waals surface area contributed by atoms with Crippen LogP contribution in [-0.2, 0) is 4.79 Å². The van der Waals surface area contributed by atoms with Gasteiger partial charge in [0.2, 0.25) is 5.91 Å². The molecule has 1 atom stereocenters. The predicted octanol–water partition coefficient (Wildman–Crippen LogP) is 4.17. The zero-order valence-corrected chi connectivity index (χ0v) is 15.4. The largest absolute Gasteiger partial charge is 0.360 e. The third-order valence-corrected chi connectivity index (χ3v) is 4.33. The number of halogens is 1. The van der Waals surface area contributed by atoms with Gasteiger partial charge in [0.1, 0.15) is 11.6 Å². The molecule has 0 saturated carbocycles. The van der Waals surface area contributed by atoms with E-state index in [9.17, 15) is 9.18 Å². The van der Waals surface area contributed by atoms with Gasteiger partial charge in [-0.05, 0) is 37.2 Å². The summed E-state index contributed by atoms with van der Waals surface area (Å²) < 4.78 is 18.3. The number of carbonyl (C=O) groups is 1. The third kappa shape index (κ3) is 5.01. The van der Waals surface area contributed by atoms with Crippen molar-refractivity contribution in [1.29, 1.82) is 0 Å². The van der Waals surface area contributed by atoms with Crippen LogP contribution in [-0.4, -0.2) is 29.6 Å². The first-order chi connectivity index (χ1) is 13.0. The summed E-state index contributed by atoms with van der Waals surface area (Å²) >= 11 is 0. The molecule has 0 aliphatic carbocycles. The Balaban J connectivity index is 1.70. The zero-order valence-electron chi connectivity index (χ0n) is 15.4. The van der Waals surface area contributed by atoms with Crippen molar-refractivity contribution in [2.45, 2.75) is 19.4 Å². The molecule has 3 aromatic rings. The normalized spacial score (nSPS) is 12.1. The number of nitrogens with zero attached hydrogens (tertiary/aromatic N) is 2. The Labute approximate surface area is 157 Å². The van der Waals surface area contributed by atoms with Crippen LogP contribution in [0.25, 0.3) is 0 Å². The minimum atomic E-state index is -0.268. The van der Waals surface area contributed by atoms with E-state index in [1.807, 2.05) is 37.4 Å². The smallest absolute Gasteiger partial charge is 0.226 e. The minimum Gasteiger partial charge on any atom is -0.360 e. The van der Waals surface area contributed by atoms with E-state index in [1.165, 1.54) is 12.1 Å². The van der Waals surface area contributed by atoms with Crippen LogP contribution in [0, 0.1) is 12.7 Å². The van der Waals surface area contributed by atoms with Crippen LogP contribution in [0.2, 0.25) is 0 Å². The van der Waals surface area contributed by atoms with Crippen LogP contribution in [0.15, 0.2) is 65.2 Å². The van der Waals surface area contributed by atoms with Gasteiger partial charge in [-0.1, -0.05) is 47.6 Å². The lowest BCUT2D eigenvalue weighted by Gasteiger charge is -2.29. The summed E-state index contributed by atoms with van der Waals surface area (Å²) in [5, 5.41) is 6.49. The summed E-state index contributed by atoms with van der Waals surface area (Å²) in [7, 11) is 1.95. The highest BCUT2D eigenvalue weighted by atomic mass is 19.1. The number of anilines is 1. The fourth-order valence-corrected chi connectivity index (χ4v) is 3.02. The molecule has 0 aliphatic rings. The molecule has 1 aromatic heterocycles. The summed E-state index contributed by atoms with van der Waals surface area (Å²) in [6.45, 7) is 2.29. The van der Waals surface area contributed by atoms with Crippen LogP contribution in [0.4, 0.5) is 10.2 Å². The molecule has 0 unspecified atom stereocenters. The molecular formula is C21H22FN3O2. The van der Waals surface area contributed by atoms with Gasteiger partial charge < -0.3 is 9.84 Å². The van der Waals surface area contributed by atoms with E-state index in [0.717, 1.165) is 11.1 Å². The average Bonchev–Trinajstić information content (AvgIpc) is 3.07. The van der Waals surface area contributed by atoms with Crippen LogP contribution >= 0.6 is 0 Å². The topological polar surface area (TPSA) is 58.4 Å². The molecule has 1 amide bonds. The molecular weight excluding hydrogens is 345 g/mol. The average molecular weight is 367 g/mol. The number of amides is 1. The Morgan fingerprint density at radius 3 is 2.44 bits per heavy atom. The van der Waals surface area contributed by atoms with Gasteiger partial charge in [-0.25, -0.2) is 4.39 Å². The number of carbonyl (C=O) groups excluding carboxylic acids is 1. The number of benzene rings is 2. The summed E-state index contributed by atoms with van der Waals surface area (Å²) in [6.07, 6.45) is 0.299. The summed E-state index contributed by atoms with van der Waals surface area (Å²) in [6, 6.07) is 18.0. The maximum atomic E-state index is 13.3. The first-order valence-electron chi connectivity index (χ1n) is 8.77. The van der Waals surface area contributed by atoms with Crippen molar-refractivity contribution in [2.24, 2.45) is 0 Å². The number of hydrogen-bond donors (Lipinski definition) is 1. The Morgan fingerprint density at radius 2 is 1.81 bits per heavy atom. The number of nitrogens with one attached hydrogen (secondary N) is 1. The van der Waals surface area contributed by atoms with Crippen LogP contribution < -0.4 is 5.32 Å². The van der Waals surface area contributed by atoms with Crippen molar-refractivity contribution in [3.63, 3.8) is 0 Å². The van der Waals surface area contributed by atoms with Crippen molar-refractivity contribution in [3.8, 4) is 0 Å². The molecule has 0 fully saturated rings. The lowest BCUT2D eigenvalue weighted by atomic mass is 9.97. The number of hydrogen-bond acceptors (Lipinski definition) is 4. The van der Waals surface area contributed by atoms with Crippen molar-refractivity contribution in [2.75, 3.05) is 18.9 Å². The van der Waals surface area contributed by atoms with Gasteiger partial charge in [-0.3, -0.25) is 9.69 Å². The van der Waals surface area contributed by atoms with E-state index in [-0.39, 0.29) is 17.8 Å². The summed E-state index contributed by atoms with van der Waals surface area (Å²) in [4.78, 5) is 14.3. The highest BCUT2D eigenvalue weighted by molar-refractivity contribution is 5.89. The third-order valence-electron chi connectivity index (χ3n) is 4.33. The molecule has 6 heteroatoms. The molecule has 0 saturated heterocycles. The number of rotatable bonds is 7. The fourth-order valence-electron chi connectivity index (χ4n) is 3.02. The molecule has 1 heterocycles. The standard InChI is InChI=1S/C21H22FN3O2/c1-15-14-19(24-27-15)23-20(26)12-13-25(2)21(16-6-4-3-5-7-16)17-8-10-18(22)11-9-17/h3-11,14,21H,12-13H2,1-2H3,(H,23,24,26)/t21-/m1/s1. The van der Waals surface area contributed by atoms with Crippen LogP contribution in [0.5, 0.6) is 0 Å². The minimum absolute atomic E-state index is 0.0751. The van der Waals surface area contributed by atoms with Gasteiger partial charge in [-0.15, -0.1) is 0 Å². The molecule has 0 bridgehead atoms. The highest BCUT2D eigenvalue weighted by Crippen LogP contribution is 2.27. The molecule has 0 spiro atoms. The quantitative estimate of drug-likeness (QED) is 0.681. The van der Waals surface area contributed by atoms with E-state index in [4.69, 9.17) is 4.52 Å². The van der Waals surface area contributed by atoms with Gasteiger partial charge in [0.15, 0.2) is 5.82 Å². The monoisotopic (exact) mass is 367 g/mol. The maximum absolute atomic E-state index is 13.3.